The van der Waals surface area contributed by atoms with E-state index in [0.717, 1.165) is 11.3 Å². The Morgan fingerprint density at radius 1 is 1.16 bits per heavy atom. The highest BCUT2D eigenvalue weighted by atomic mass is 32.2. The Balaban J connectivity index is 1.58. The van der Waals surface area contributed by atoms with Gasteiger partial charge in [0.05, 0.1) is 12.8 Å². The normalized spacial score (nSPS) is 18.1. The lowest BCUT2D eigenvalue weighted by Gasteiger charge is -2.31. The molecule has 164 valence electrons. The summed E-state index contributed by atoms with van der Waals surface area (Å²) in [6.07, 6.45) is 0.349. The van der Waals surface area contributed by atoms with E-state index in [0.29, 0.717) is 17.1 Å². The van der Waals surface area contributed by atoms with Gasteiger partial charge in [0.15, 0.2) is 0 Å². The van der Waals surface area contributed by atoms with Gasteiger partial charge in [-0.25, -0.2) is 0 Å². The summed E-state index contributed by atoms with van der Waals surface area (Å²) in [6.45, 7) is 1.41. The highest BCUT2D eigenvalue weighted by molar-refractivity contribution is 7.99. The molecule has 1 saturated heterocycles. The van der Waals surface area contributed by atoms with E-state index < -0.39 is 0 Å². The molecule has 0 saturated carbocycles. The van der Waals surface area contributed by atoms with Crippen molar-refractivity contribution in [1.29, 1.82) is 0 Å². The Labute approximate surface area is 185 Å². The van der Waals surface area contributed by atoms with Crippen molar-refractivity contribution in [2.75, 3.05) is 17.7 Å². The number of rotatable bonds is 8. The first-order chi connectivity index (χ1) is 14.9. The molecule has 1 aliphatic heterocycles. The number of hydrogen-bond acceptors (Lipinski definition) is 6. The first kappa shape index (κ1) is 22.6. The second-order valence-electron chi connectivity index (χ2n) is 7.16. The number of carbonyl (C=O) groups is 3. The molecule has 0 spiro atoms. The Morgan fingerprint density at radius 2 is 1.94 bits per heavy atom. The van der Waals surface area contributed by atoms with E-state index >= 15 is 0 Å². The summed E-state index contributed by atoms with van der Waals surface area (Å²) in [6, 6.07) is 14.7. The van der Waals surface area contributed by atoms with E-state index in [9.17, 15) is 14.4 Å². The molecule has 0 bridgehead atoms. The molecule has 31 heavy (non-hydrogen) atoms. The van der Waals surface area contributed by atoms with Gasteiger partial charge in [0.25, 0.3) is 0 Å². The van der Waals surface area contributed by atoms with Crippen LogP contribution < -0.4 is 26.0 Å². The molecule has 1 aliphatic rings. The number of benzene rings is 2. The van der Waals surface area contributed by atoms with Crippen molar-refractivity contribution in [2.45, 2.75) is 37.1 Å². The number of hydrogen-bond donors (Lipinski definition) is 4. The fourth-order valence-electron chi connectivity index (χ4n) is 3.23. The van der Waals surface area contributed by atoms with Crippen molar-refractivity contribution in [2.24, 2.45) is 0 Å². The molecular weight excluding hydrogens is 416 g/mol. The van der Waals surface area contributed by atoms with Crippen molar-refractivity contribution in [3.63, 3.8) is 0 Å². The lowest BCUT2D eigenvalue weighted by molar-refractivity contribution is -0.124. The largest absolute Gasteiger partial charge is 0.495 e. The monoisotopic (exact) mass is 442 g/mol. The molecule has 3 rings (SSSR count). The van der Waals surface area contributed by atoms with Crippen LogP contribution in [0.1, 0.15) is 25.3 Å². The number of carbonyl (C=O) groups excluding carboxylic acids is 3. The fraction of sp³-hybridized carbons (Fsp3) is 0.318. The van der Waals surface area contributed by atoms with Crippen LogP contribution in [0.25, 0.3) is 0 Å². The molecule has 9 heteroatoms. The van der Waals surface area contributed by atoms with Crippen LogP contribution in [0.5, 0.6) is 5.75 Å². The molecule has 8 nitrogen and oxygen atoms in total. The number of ether oxygens (including phenoxy) is 1. The van der Waals surface area contributed by atoms with Gasteiger partial charge in [-0.2, -0.15) is 0 Å². The van der Waals surface area contributed by atoms with Crippen molar-refractivity contribution in [1.82, 2.24) is 10.6 Å². The minimum Gasteiger partial charge on any atom is -0.495 e. The second kappa shape index (κ2) is 10.8. The van der Waals surface area contributed by atoms with Crippen molar-refractivity contribution in [3.8, 4) is 5.75 Å². The average Bonchev–Trinajstić information content (AvgIpc) is 2.72. The van der Waals surface area contributed by atoms with Gasteiger partial charge in [0.2, 0.25) is 17.7 Å². The molecule has 3 amide bonds. The summed E-state index contributed by atoms with van der Waals surface area (Å²) in [5, 5.41) is 11.7. The van der Waals surface area contributed by atoms with Crippen LogP contribution in [-0.4, -0.2) is 36.4 Å². The van der Waals surface area contributed by atoms with Gasteiger partial charge < -0.3 is 20.7 Å². The smallest absolute Gasteiger partial charge is 0.226 e. The molecule has 4 N–H and O–H groups in total. The van der Waals surface area contributed by atoms with Gasteiger partial charge in [-0.3, -0.25) is 19.7 Å². The molecule has 0 aliphatic carbocycles. The summed E-state index contributed by atoms with van der Waals surface area (Å²) < 4.78 is 5.29. The number of methoxy groups -OCH3 is 1. The van der Waals surface area contributed by atoms with E-state index in [2.05, 4.69) is 21.3 Å². The highest BCUT2D eigenvalue weighted by Crippen LogP contribution is 2.28. The summed E-state index contributed by atoms with van der Waals surface area (Å²) in [4.78, 5) is 36.1. The molecular formula is C22H26N4O4S. The van der Waals surface area contributed by atoms with Crippen LogP contribution in [0.15, 0.2) is 48.5 Å². The van der Waals surface area contributed by atoms with Gasteiger partial charge in [-0.05, 0) is 23.8 Å². The van der Waals surface area contributed by atoms with E-state index in [1.807, 2.05) is 30.3 Å². The highest BCUT2D eigenvalue weighted by Gasteiger charge is 2.27. The molecule has 2 aromatic rings. The van der Waals surface area contributed by atoms with E-state index in [1.54, 1.807) is 30.0 Å². The van der Waals surface area contributed by atoms with E-state index in [-0.39, 0.29) is 42.1 Å². The topological polar surface area (TPSA) is 109 Å². The Bertz CT molecular complexity index is 938. The Kier molecular flexibility index (Phi) is 7.91. The molecule has 2 unspecified atom stereocenters. The SMILES string of the molecule is COc1ccc(NC(C)=O)cc1NC(=O)CC1CC(=O)NC(SCc2ccccc2)N1. The molecule has 2 atom stereocenters. The first-order valence-electron chi connectivity index (χ1n) is 9.89. The Morgan fingerprint density at radius 3 is 2.65 bits per heavy atom. The summed E-state index contributed by atoms with van der Waals surface area (Å²) >= 11 is 1.57. The zero-order chi connectivity index (χ0) is 22.2. The zero-order valence-corrected chi connectivity index (χ0v) is 18.3. The maximum Gasteiger partial charge on any atom is 0.226 e. The van der Waals surface area contributed by atoms with Crippen LogP contribution >= 0.6 is 11.8 Å². The third-order valence-electron chi connectivity index (χ3n) is 4.60. The maximum absolute atomic E-state index is 12.6. The van der Waals surface area contributed by atoms with Gasteiger partial charge in [-0.15, -0.1) is 11.8 Å². The summed E-state index contributed by atoms with van der Waals surface area (Å²) in [7, 11) is 1.50. The van der Waals surface area contributed by atoms with Crippen LogP contribution in [-0.2, 0) is 20.1 Å². The number of anilines is 2. The fourth-order valence-corrected chi connectivity index (χ4v) is 4.29. The molecule has 1 fully saturated rings. The van der Waals surface area contributed by atoms with Crippen LogP contribution in [0.3, 0.4) is 0 Å². The minimum absolute atomic E-state index is 0.0904. The second-order valence-corrected chi connectivity index (χ2v) is 8.25. The van der Waals surface area contributed by atoms with Gasteiger partial charge in [0.1, 0.15) is 11.2 Å². The van der Waals surface area contributed by atoms with Crippen molar-refractivity contribution >= 4 is 40.9 Å². The lowest BCUT2D eigenvalue weighted by atomic mass is 10.1. The number of nitrogens with one attached hydrogen (secondary N) is 4. The quantitative estimate of drug-likeness (QED) is 0.501. The number of thioether (sulfide) groups is 1. The third kappa shape index (κ3) is 7.01. The molecule has 1 heterocycles. The van der Waals surface area contributed by atoms with Crippen LogP contribution in [0.2, 0.25) is 0 Å². The lowest BCUT2D eigenvalue weighted by Crippen LogP contribution is -2.55. The zero-order valence-electron chi connectivity index (χ0n) is 17.4. The van der Waals surface area contributed by atoms with Gasteiger partial charge in [-0.1, -0.05) is 30.3 Å². The van der Waals surface area contributed by atoms with Crippen LogP contribution in [0, 0.1) is 0 Å². The first-order valence-corrected chi connectivity index (χ1v) is 10.9. The van der Waals surface area contributed by atoms with Gasteiger partial charge in [0, 0.05) is 37.2 Å². The molecule has 0 aromatic heterocycles. The molecule has 2 aromatic carbocycles. The predicted octanol–water partition coefficient (Wildman–Crippen LogP) is 2.68. The molecule has 0 radical (unpaired) electrons. The minimum atomic E-state index is -0.286. The maximum atomic E-state index is 12.6. The van der Waals surface area contributed by atoms with Crippen molar-refractivity contribution < 1.29 is 19.1 Å². The predicted molar refractivity (Wildman–Crippen MR) is 122 cm³/mol. The summed E-state index contributed by atoms with van der Waals surface area (Å²) in [5.74, 6) is 0.668. The standard InChI is InChI=1S/C22H26N4O4S/c1-14(27)23-16-8-9-19(30-2)18(10-16)25-20(28)11-17-12-21(29)26-22(24-17)31-13-15-6-4-3-5-7-15/h3-10,17,22,24H,11-13H2,1-2H3,(H,23,27)(H,25,28)(H,26,29). The van der Waals surface area contributed by atoms with E-state index in [1.165, 1.54) is 14.0 Å². The number of amides is 3. The van der Waals surface area contributed by atoms with E-state index in [4.69, 9.17) is 4.74 Å². The Hall–Kier alpha value is -3.04. The van der Waals surface area contributed by atoms with Crippen LogP contribution in [0.4, 0.5) is 11.4 Å². The average molecular weight is 443 g/mol. The third-order valence-corrected chi connectivity index (χ3v) is 5.68. The van der Waals surface area contributed by atoms with Gasteiger partial charge >= 0.3 is 0 Å². The summed E-state index contributed by atoms with van der Waals surface area (Å²) in [5.41, 5.74) is 1.90. The van der Waals surface area contributed by atoms with Crippen molar-refractivity contribution in [3.05, 3.63) is 54.1 Å².